The molecule has 0 saturated heterocycles. The van der Waals surface area contributed by atoms with Crippen molar-refractivity contribution in [2.45, 2.75) is 13.8 Å². The maximum absolute atomic E-state index is 5.59. The van der Waals surface area contributed by atoms with E-state index in [1.807, 2.05) is 26.0 Å². The van der Waals surface area contributed by atoms with Crippen molar-refractivity contribution in [1.29, 1.82) is 0 Å². The summed E-state index contributed by atoms with van der Waals surface area (Å²) in [6.07, 6.45) is 3.71. The van der Waals surface area contributed by atoms with Crippen LogP contribution >= 0.6 is 0 Å². The highest BCUT2D eigenvalue weighted by atomic mass is 15.4. The van der Waals surface area contributed by atoms with Crippen LogP contribution in [0.5, 0.6) is 0 Å². The lowest BCUT2D eigenvalue weighted by molar-refractivity contribution is 0.837. The number of nitrogens with zero attached hydrogens (tertiary/aromatic N) is 3. The van der Waals surface area contributed by atoms with Gasteiger partial charge in [0, 0.05) is 6.72 Å². The molecule has 0 aromatic carbocycles. The summed E-state index contributed by atoms with van der Waals surface area (Å²) < 4.78 is 1.61. The predicted molar refractivity (Wildman–Crippen MR) is 51.0 cm³/mol. The first kappa shape index (κ1) is 8.52. The topological polar surface area (TPSA) is 56.2 Å². The molecule has 64 valence electrons. The van der Waals surface area contributed by atoms with Gasteiger partial charge in [0.05, 0.1) is 5.69 Å². The minimum atomic E-state index is 0.496. The number of anilines is 1. The molecule has 1 heterocycles. The number of allylic oxidation sites excluding steroid dienone is 1. The molecule has 2 N–H and O–H groups in total. The van der Waals surface area contributed by atoms with Crippen molar-refractivity contribution in [3.8, 4) is 0 Å². The first-order valence-corrected chi connectivity index (χ1v) is 3.65. The number of hydrogen-bond acceptors (Lipinski definition) is 3. The van der Waals surface area contributed by atoms with Crippen molar-refractivity contribution < 1.29 is 0 Å². The molecule has 0 aliphatic rings. The number of imidazole rings is 1. The van der Waals surface area contributed by atoms with Gasteiger partial charge in [-0.3, -0.25) is 0 Å². The third kappa shape index (κ3) is 1.23. The third-order valence-corrected chi connectivity index (χ3v) is 1.60. The molecule has 0 unspecified atom stereocenters. The van der Waals surface area contributed by atoms with Crippen LogP contribution in [0.25, 0.3) is 6.08 Å². The maximum Gasteiger partial charge on any atom is 0.155 e. The van der Waals surface area contributed by atoms with E-state index in [9.17, 15) is 0 Å². The van der Waals surface area contributed by atoms with E-state index in [4.69, 9.17) is 5.73 Å². The van der Waals surface area contributed by atoms with Gasteiger partial charge in [-0.15, -0.1) is 0 Å². The van der Waals surface area contributed by atoms with E-state index in [1.165, 1.54) is 0 Å². The fraction of sp³-hybridized carbons (Fsp3) is 0.250. The van der Waals surface area contributed by atoms with E-state index >= 15 is 0 Å². The van der Waals surface area contributed by atoms with Gasteiger partial charge < -0.3 is 5.73 Å². The average Bonchev–Trinajstić information content (AvgIpc) is 2.29. The van der Waals surface area contributed by atoms with Crippen LogP contribution in [-0.4, -0.2) is 16.4 Å². The first-order valence-electron chi connectivity index (χ1n) is 3.65. The van der Waals surface area contributed by atoms with Crippen LogP contribution in [0.3, 0.4) is 0 Å². The third-order valence-electron chi connectivity index (χ3n) is 1.60. The first-order chi connectivity index (χ1) is 5.70. The van der Waals surface area contributed by atoms with E-state index in [0.717, 1.165) is 5.69 Å². The van der Waals surface area contributed by atoms with Gasteiger partial charge in [0.2, 0.25) is 0 Å². The van der Waals surface area contributed by atoms with Crippen LogP contribution in [0.1, 0.15) is 18.4 Å². The summed E-state index contributed by atoms with van der Waals surface area (Å²) in [5.74, 6) is 1.21. The van der Waals surface area contributed by atoms with Gasteiger partial charge in [-0.25, -0.2) is 9.66 Å². The van der Waals surface area contributed by atoms with E-state index in [1.54, 1.807) is 4.68 Å². The largest absolute Gasteiger partial charge is 0.382 e. The summed E-state index contributed by atoms with van der Waals surface area (Å²) in [5.41, 5.74) is 6.41. The van der Waals surface area contributed by atoms with Crippen LogP contribution in [-0.2, 0) is 0 Å². The Morgan fingerprint density at radius 1 is 1.67 bits per heavy atom. The molecule has 4 heteroatoms. The molecule has 0 fully saturated rings. The molecule has 12 heavy (non-hydrogen) atoms. The van der Waals surface area contributed by atoms with Gasteiger partial charge >= 0.3 is 0 Å². The van der Waals surface area contributed by atoms with Crippen molar-refractivity contribution in [1.82, 2.24) is 9.66 Å². The Hall–Kier alpha value is -1.58. The van der Waals surface area contributed by atoms with E-state index in [-0.39, 0.29) is 0 Å². The zero-order chi connectivity index (χ0) is 9.14. The summed E-state index contributed by atoms with van der Waals surface area (Å²) in [6, 6.07) is 0. The molecule has 4 nitrogen and oxygen atoms in total. The van der Waals surface area contributed by atoms with Crippen LogP contribution < -0.4 is 5.73 Å². The average molecular weight is 164 g/mol. The zero-order valence-electron chi connectivity index (χ0n) is 7.28. The van der Waals surface area contributed by atoms with Crippen molar-refractivity contribution in [2.24, 2.45) is 5.10 Å². The molecule has 1 aromatic heterocycles. The summed E-state index contributed by atoms with van der Waals surface area (Å²) in [7, 11) is 0. The monoisotopic (exact) mass is 164 g/mol. The Kier molecular flexibility index (Phi) is 2.28. The summed E-state index contributed by atoms with van der Waals surface area (Å²) >= 11 is 0. The lowest BCUT2D eigenvalue weighted by atomic mass is 10.5. The minimum Gasteiger partial charge on any atom is -0.382 e. The SMILES string of the molecule is C=Nn1c(/C=C\C)nc(N)c1C. The molecule has 0 saturated carbocycles. The minimum absolute atomic E-state index is 0.496. The Bertz CT molecular complexity index is 322. The fourth-order valence-corrected chi connectivity index (χ4v) is 0.967. The van der Waals surface area contributed by atoms with Gasteiger partial charge in [0.15, 0.2) is 5.82 Å². The van der Waals surface area contributed by atoms with Gasteiger partial charge in [0.25, 0.3) is 0 Å². The molecule has 0 atom stereocenters. The van der Waals surface area contributed by atoms with Crippen molar-refractivity contribution in [2.75, 3.05) is 5.73 Å². The van der Waals surface area contributed by atoms with E-state index in [2.05, 4.69) is 16.8 Å². The lowest BCUT2D eigenvalue weighted by Gasteiger charge is -1.96. The molecular weight excluding hydrogens is 152 g/mol. The second kappa shape index (κ2) is 3.21. The molecule has 0 spiro atoms. The molecule has 0 bridgehead atoms. The molecule has 0 amide bonds. The molecule has 0 aliphatic heterocycles. The summed E-state index contributed by atoms with van der Waals surface area (Å²) in [4.78, 5) is 4.09. The van der Waals surface area contributed by atoms with Gasteiger partial charge in [-0.05, 0) is 19.9 Å². The normalized spacial score (nSPS) is 10.8. The standard InChI is InChI=1S/C8H12N4/c1-4-5-7-11-8(9)6(2)12(7)10-3/h4-5H,3,9H2,1-2H3/b5-4-. The molecular formula is C8H12N4. The van der Waals surface area contributed by atoms with Gasteiger partial charge in [-0.2, -0.15) is 5.10 Å². The quantitative estimate of drug-likeness (QED) is 0.669. The van der Waals surface area contributed by atoms with Crippen LogP contribution in [0.2, 0.25) is 0 Å². The molecule has 1 rings (SSSR count). The Morgan fingerprint density at radius 3 is 2.83 bits per heavy atom. The zero-order valence-corrected chi connectivity index (χ0v) is 7.28. The molecule has 0 aliphatic carbocycles. The Balaban J connectivity index is 3.28. The maximum atomic E-state index is 5.59. The van der Waals surface area contributed by atoms with Crippen LogP contribution in [0, 0.1) is 6.92 Å². The van der Waals surface area contributed by atoms with Crippen molar-refractivity contribution >= 4 is 18.6 Å². The van der Waals surface area contributed by atoms with Crippen LogP contribution in [0.15, 0.2) is 11.2 Å². The Morgan fingerprint density at radius 2 is 2.33 bits per heavy atom. The van der Waals surface area contributed by atoms with Gasteiger partial charge in [-0.1, -0.05) is 6.08 Å². The predicted octanol–water partition coefficient (Wildman–Crippen LogP) is 1.27. The van der Waals surface area contributed by atoms with Crippen LogP contribution in [0.4, 0.5) is 5.82 Å². The lowest BCUT2D eigenvalue weighted by Crippen LogP contribution is -1.94. The van der Waals surface area contributed by atoms with E-state index in [0.29, 0.717) is 11.6 Å². The highest BCUT2D eigenvalue weighted by Gasteiger charge is 2.06. The number of rotatable bonds is 2. The highest BCUT2D eigenvalue weighted by molar-refractivity contribution is 5.49. The van der Waals surface area contributed by atoms with E-state index < -0.39 is 0 Å². The summed E-state index contributed by atoms with van der Waals surface area (Å²) in [5, 5.41) is 3.78. The number of nitrogens with two attached hydrogens (primary N) is 1. The number of nitrogen functional groups attached to an aromatic ring is 1. The Labute approximate surface area is 71.4 Å². The summed E-state index contributed by atoms with van der Waals surface area (Å²) in [6.45, 7) is 7.19. The highest BCUT2D eigenvalue weighted by Crippen LogP contribution is 2.13. The molecule has 0 radical (unpaired) electrons. The number of aromatic nitrogens is 2. The van der Waals surface area contributed by atoms with Crippen molar-refractivity contribution in [3.63, 3.8) is 0 Å². The second-order valence-electron chi connectivity index (χ2n) is 2.39. The van der Waals surface area contributed by atoms with Gasteiger partial charge in [0.1, 0.15) is 5.82 Å². The number of hydrogen-bond donors (Lipinski definition) is 1. The smallest absolute Gasteiger partial charge is 0.155 e. The van der Waals surface area contributed by atoms with Crippen molar-refractivity contribution in [3.05, 3.63) is 17.6 Å². The second-order valence-corrected chi connectivity index (χ2v) is 2.39. The fourth-order valence-electron chi connectivity index (χ4n) is 0.967. The molecule has 1 aromatic rings.